The van der Waals surface area contributed by atoms with Gasteiger partial charge in [-0.05, 0) is 6.07 Å². The molecule has 0 aliphatic heterocycles. The van der Waals surface area contributed by atoms with Crippen molar-refractivity contribution in [2.45, 2.75) is 0 Å². The van der Waals surface area contributed by atoms with Gasteiger partial charge in [0.15, 0.2) is 5.78 Å². The Morgan fingerprint density at radius 2 is 2.36 bits per heavy atom. The molecular formula is C7H5ClFNO. The molecule has 0 bridgehead atoms. The molecule has 1 rings (SSSR count). The van der Waals surface area contributed by atoms with Crippen molar-refractivity contribution in [3.63, 3.8) is 0 Å². The summed E-state index contributed by atoms with van der Waals surface area (Å²) in [6.45, 7) is 0. The van der Waals surface area contributed by atoms with Crippen LogP contribution in [0.3, 0.4) is 0 Å². The molecule has 0 N–H and O–H groups in total. The van der Waals surface area contributed by atoms with Gasteiger partial charge in [0.25, 0.3) is 0 Å². The van der Waals surface area contributed by atoms with Crippen molar-refractivity contribution in [2.24, 2.45) is 0 Å². The Bertz CT molecular complexity index is 277. The summed E-state index contributed by atoms with van der Waals surface area (Å²) in [5, 5.41) is 0. The topological polar surface area (TPSA) is 30.0 Å². The zero-order valence-corrected chi connectivity index (χ0v) is 6.31. The van der Waals surface area contributed by atoms with Crippen LogP contribution < -0.4 is 0 Å². The van der Waals surface area contributed by atoms with Crippen LogP contribution in [0, 0.1) is 5.82 Å². The van der Waals surface area contributed by atoms with Gasteiger partial charge in [0.2, 0.25) is 0 Å². The van der Waals surface area contributed by atoms with Gasteiger partial charge in [-0.15, -0.1) is 11.6 Å². The molecule has 1 heterocycles. The lowest BCUT2D eigenvalue weighted by molar-refractivity contribution is 0.102. The van der Waals surface area contributed by atoms with Gasteiger partial charge in [-0.1, -0.05) is 0 Å². The fraction of sp³-hybridized carbons (Fsp3) is 0.143. The fourth-order valence-corrected chi connectivity index (χ4v) is 0.796. The summed E-state index contributed by atoms with van der Waals surface area (Å²) in [4.78, 5) is 14.3. The van der Waals surface area contributed by atoms with Gasteiger partial charge in [0.05, 0.1) is 12.1 Å². The van der Waals surface area contributed by atoms with Crippen molar-refractivity contribution in [1.82, 2.24) is 4.98 Å². The summed E-state index contributed by atoms with van der Waals surface area (Å²) in [6.07, 6.45) is 2.32. The van der Waals surface area contributed by atoms with E-state index in [9.17, 15) is 9.18 Å². The number of rotatable bonds is 2. The van der Waals surface area contributed by atoms with E-state index in [-0.39, 0.29) is 17.2 Å². The van der Waals surface area contributed by atoms with E-state index in [1.807, 2.05) is 0 Å². The largest absolute Gasteiger partial charge is 0.293 e. The zero-order valence-electron chi connectivity index (χ0n) is 5.55. The second-order valence-electron chi connectivity index (χ2n) is 1.95. The van der Waals surface area contributed by atoms with Gasteiger partial charge in [-0.2, -0.15) is 0 Å². The molecule has 58 valence electrons. The van der Waals surface area contributed by atoms with Crippen molar-refractivity contribution >= 4 is 17.4 Å². The normalized spacial score (nSPS) is 9.64. The first kappa shape index (κ1) is 8.14. The summed E-state index contributed by atoms with van der Waals surface area (Å²) < 4.78 is 12.4. The number of aromatic nitrogens is 1. The van der Waals surface area contributed by atoms with Crippen molar-refractivity contribution in [3.8, 4) is 0 Å². The molecule has 0 aliphatic rings. The van der Waals surface area contributed by atoms with Gasteiger partial charge in [0.1, 0.15) is 5.82 Å². The number of ketones is 1. The van der Waals surface area contributed by atoms with E-state index < -0.39 is 5.82 Å². The summed E-state index contributed by atoms with van der Waals surface area (Å²) >= 11 is 5.24. The number of carbonyl (C=O) groups excluding carboxylic acids is 1. The highest BCUT2D eigenvalue weighted by Gasteiger charge is 2.04. The number of hydrogen-bond acceptors (Lipinski definition) is 2. The predicted molar refractivity (Wildman–Crippen MR) is 39.2 cm³/mol. The van der Waals surface area contributed by atoms with Gasteiger partial charge < -0.3 is 0 Å². The standard InChI is InChI=1S/C7H5ClFNO/c8-2-7(11)5-1-6(9)4-10-3-5/h1,3-4H,2H2. The molecule has 0 saturated carbocycles. The number of pyridine rings is 1. The summed E-state index contributed by atoms with van der Waals surface area (Å²) in [7, 11) is 0. The van der Waals surface area contributed by atoms with E-state index >= 15 is 0 Å². The van der Waals surface area contributed by atoms with Crippen LogP contribution in [-0.4, -0.2) is 16.6 Å². The minimum absolute atomic E-state index is 0.148. The summed E-state index contributed by atoms with van der Waals surface area (Å²) in [6, 6.07) is 1.11. The quantitative estimate of drug-likeness (QED) is 0.503. The highest BCUT2D eigenvalue weighted by Crippen LogP contribution is 2.02. The monoisotopic (exact) mass is 173 g/mol. The maximum absolute atomic E-state index is 12.4. The van der Waals surface area contributed by atoms with E-state index in [0.29, 0.717) is 0 Å². The van der Waals surface area contributed by atoms with Crippen LogP contribution in [0.5, 0.6) is 0 Å². The number of alkyl halides is 1. The molecular weight excluding hydrogens is 169 g/mol. The molecule has 0 amide bonds. The van der Waals surface area contributed by atoms with Crippen LogP contribution in [0.4, 0.5) is 4.39 Å². The second kappa shape index (κ2) is 3.44. The van der Waals surface area contributed by atoms with Crippen molar-refractivity contribution in [3.05, 3.63) is 29.8 Å². The molecule has 2 nitrogen and oxygen atoms in total. The molecule has 0 aliphatic carbocycles. The van der Waals surface area contributed by atoms with Crippen LogP contribution in [0.1, 0.15) is 10.4 Å². The SMILES string of the molecule is O=C(CCl)c1cncc(F)c1. The predicted octanol–water partition coefficient (Wildman–Crippen LogP) is 1.64. The molecule has 0 radical (unpaired) electrons. The summed E-state index contributed by atoms with van der Waals surface area (Å²) in [5.74, 6) is -0.995. The molecule has 0 spiro atoms. The third kappa shape index (κ3) is 1.98. The van der Waals surface area contributed by atoms with Crippen LogP contribution in [-0.2, 0) is 0 Å². The van der Waals surface area contributed by atoms with Gasteiger partial charge in [-0.25, -0.2) is 4.39 Å². The second-order valence-corrected chi connectivity index (χ2v) is 2.22. The lowest BCUT2D eigenvalue weighted by Gasteiger charge is -1.94. The molecule has 0 atom stereocenters. The van der Waals surface area contributed by atoms with Crippen molar-refractivity contribution in [1.29, 1.82) is 0 Å². The van der Waals surface area contributed by atoms with E-state index in [1.54, 1.807) is 0 Å². The molecule has 0 aromatic carbocycles. The first-order valence-electron chi connectivity index (χ1n) is 2.94. The van der Waals surface area contributed by atoms with Crippen LogP contribution in [0.25, 0.3) is 0 Å². The minimum atomic E-state index is -0.527. The van der Waals surface area contributed by atoms with Crippen LogP contribution in [0.15, 0.2) is 18.5 Å². The maximum Gasteiger partial charge on any atom is 0.179 e. The lowest BCUT2D eigenvalue weighted by atomic mass is 10.2. The highest BCUT2D eigenvalue weighted by molar-refractivity contribution is 6.30. The Morgan fingerprint density at radius 1 is 1.64 bits per heavy atom. The van der Waals surface area contributed by atoms with E-state index in [1.165, 1.54) is 6.20 Å². The maximum atomic E-state index is 12.4. The Balaban J connectivity index is 2.96. The molecule has 1 aromatic rings. The Hall–Kier alpha value is -0.960. The first-order valence-corrected chi connectivity index (χ1v) is 3.47. The Labute approximate surface area is 68.0 Å². The molecule has 4 heteroatoms. The number of nitrogens with zero attached hydrogens (tertiary/aromatic N) is 1. The van der Waals surface area contributed by atoms with Crippen molar-refractivity contribution < 1.29 is 9.18 Å². The van der Waals surface area contributed by atoms with Crippen LogP contribution in [0.2, 0.25) is 0 Å². The molecule has 0 unspecified atom stereocenters. The molecule has 0 fully saturated rings. The molecule has 0 saturated heterocycles. The van der Waals surface area contributed by atoms with E-state index in [4.69, 9.17) is 11.6 Å². The Kier molecular flexibility index (Phi) is 2.54. The zero-order chi connectivity index (χ0) is 8.27. The number of Topliss-reactive ketones (excluding diaryl/α,β-unsaturated/α-hetero) is 1. The van der Waals surface area contributed by atoms with E-state index in [0.717, 1.165) is 12.3 Å². The molecule has 11 heavy (non-hydrogen) atoms. The van der Waals surface area contributed by atoms with Gasteiger partial charge in [-0.3, -0.25) is 9.78 Å². The fourth-order valence-electron chi connectivity index (χ4n) is 0.642. The lowest BCUT2D eigenvalue weighted by Crippen LogP contribution is -2.01. The van der Waals surface area contributed by atoms with Gasteiger partial charge >= 0.3 is 0 Å². The first-order chi connectivity index (χ1) is 5.24. The Morgan fingerprint density at radius 3 is 2.91 bits per heavy atom. The average Bonchev–Trinajstić information content (AvgIpc) is 2.03. The number of halogens is 2. The number of carbonyl (C=O) groups is 1. The minimum Gasteiger partial charge on any atom is -0.293 e. The van der Waals surface area contributed by atoms with Crippen LogP contribution >= 0.6 is 11.6 Å². The van der Waals surface area contributed by atoms with Gasteiger partial charge in [0, 0.05) is 11.8 Å². The smallest absolute Gasteiger partial charge is 0.179 e. The van der Waals surface area contributed by atoms with Crippen molar-refractivity contribution in [2.75, 3.05) is 5.88 Å². The molecule has 1 aromatic heterocycles. The highest BCUT2D eigenvalue weighted by atomic mass is 35.5. The summed E-state index contributed by atoms with van der Waals surface area (Å²) in [5.41, 5.74) is 0.208. The number of hydrogen-bond donors (Lipinski definition) is 0. The van der Waals surface area contributed by atoms with E-state index in [2.05, 4.69) is 4.98 Å². The third-order valence-corrected chi connectivity index (χ3v) is 1.39. The third-order valence-electron chi connectivity index (χ3n) is 1.15. The average molecular weight is 174 g/mol.